The number of aromatic nitrogens is 3. The lowest BCUT2D eigenvalue weighted by molar-refractivity contribution is -0.182. The number of nitrogens with one attached hydrogen (secondary N) is 2. The summed E-state index contributed by atoms with van der Waals surface area (Å²) in [4.78, 5) is 16.1. The van der Waals surface area contributed by atoms with Crippen molar-refractivity contribution in [1.29, 1.82) is 0 Å². The molecule has 0 saturated heterocycles. The molecule has 2 heterocycles. The molecule has 1 aromatic heterocycles. The first kappa shape index (κ1) is 17.2. The number of halogens is 3. The number of carbonyl (C=O) groups excluding carboxylic acids is 1. The number of hydrogen-bond donors (Lipinski definition) is 2. The predicted octanol–water partition coefficient (Wildman–Crippen LogP) is 1.42. The number of hydrogen-bond acceptors (Lipinski definition) is 4. The van der Waals surface area contributed by atoms with Gasteiger partial charge in [0.1, 0.15) is 12.2 Å². The fourth-order valence-corrected chi connectivity index (χ4v) is 3.49. The molecule has 0 aromatic carbocycles. The zero-order valence-corrected chi connectivity index (χ0v) is 13.4. The molecule has 1 amide bonds. The number of nitrogens with zero attached hydrogens (tertiary/aromatic N) is 3. The molecule has 0 unspecified atom stereocenters. The van der Waals surface area contributed by atoms with Gasteiger partial charge in [0, 0.05) is 18.5 Å². The fourth-order valence-electron chi connectivity index (χ4n) is 3.49. The van der Waals surface area contributed by atoms with Gasteiger partial charge >= 0.3 is 6.18 Å². The van der Waals surface area contributed by atoms with Crippen LogP contribution in [-0.4, -0.2) is 45.5 Å². The summed E-state index contributed by atoms with van der Waals surface area (Å²) >= 11 is 0. The summed E-state index contributed by atoms with van der Waals surface area (Å²) in [6, 6.07) is 0.0112. The van der Waals surface area contributed by atoms with Gasteiger partial charge < -0.3 is 10.6 Å². The van der Waals surface area contributed by atoms with E-state index in [0.717, 1.165) is 18.7 Å². The molecule has 1 aliphatic heterocycles. The molecule has 0 bridgehead atoms. The largest absolute Gasteiger partial charge is 0.391 e. The molecule has 134 valence electrons. The first-order chi connectivity index (χ1) is 11.4. The van der Waals surface area contributed by atoms with Crippen LogP contribution in [0.1, 0.15) is 37.9 Å². The highest BCUT2D eigenvalue weighted by Gasteiger charge is 2.41. The van der Waals surface area contributed by atoms with Crippen LogP contribution >= 0.6 is 0 Å². The normalized spacial score (nSPS) is 27.5. The Labute approximate surface area is 138 Å². The molecule has 1 atom stereocenters. The van der Waals surface area contributed by atoms with Gasteiger partial charge in [-0.1, -0.05) is 0 Å². The summed E-state index contributed by atoms with van der Waals surface area (Å²) in [6.07, 6.45) is 0.102. The minimum Gasteiger partial charge on any atom is -0.352 e. The molecule has 3 rings (SSSR count). The molecule has 0 radical (unpaired) electrons. The second-order valence-corrected chi connectivity index (χ2v) is 6.63. The van der Waals surface area contributed by atoms with E-state index in [0.29, 0.717) is 19.4 Å². The third-order valence-corrected chi connectivity index (χ3v) is 4.91. The smallest absolute Gasteiger partial charge is 0.352 e. The number of alkyl halides is 3. The molecular weight excluding hydrogens is 323 g/mol. The van der Waals surface area contributed by atoms with Gasteiger partial charge in [-0.15, -0.1) is 0 Å². The molecule has 0 spiro atoms. The van der Waals surface area contributed by atoms with Crippen LogP contribution in [-0.2, 0) is 17.8 Å². The van der Waals surface area contributed by atoms with Crippen molar-refractivity contribution in [3.63, 3.8) is 0 Å². The summed E-state index contributed by atoms with van der Waals surface area (Å²) in [5.41, 5.74) is 0. The average molecular weight is 345 g/mol. The highest BCUT2D eigenvalue weighted by molar-refractivity contribution is 5.78. The maximum atomic E-state index is 12.6. The Balaban J connectivity index is 1.37. The van der Waals surface area contributed by atoms with Gasteiger partial charge in [0.05, 0.1) is 19.0 Å². The van der Waals surface area contributed by atoms with E-state index in [-0.39, 0.29) is 37.4 Å². The summed E-state index contributed by atoms with van der Waals surface area (Å²) in [6.45, 7) is 0.854. The van der Waals surface area contributed by atoms with E-state index in [9.17, 15) is 18.0 Å². The Hall–Kier alpha value is -1.64. The zero-order valence-electron chi connectivity index (χ0n) is 13.4. The summed E-state index contributed by atoms with van der Waals surface area (Å²) < 4.78 is 39.7. The van der Waals surface area contributed by atoms with Crippen molar-refractivity contribution in [3.05, 3.63) is 12.2 Å². The van der Waals surface area contributed by atoms with E-state index in [2.05, 4.69) is 20.7 Å². The zero-order chi connectivity index (χ0) is 17.2. The first-order valence-corrected chi connectivity index (χ1v) is 8.38. The Kier molecular flexibility index (Phi) is 5.07. The van der Waals surface area contributed by atoms with Crippen LogP contribution in [0.2, 0.25) is 0 Å². The van der Waals surface area contributed by atoms with E-state index >= 15 is 0 Å². The number of rotatable bonds is 4. The predicted molar refractivity (Wildman–Crippen MR) is 80.1 cm³/mol. The molecule has 6 nitrogen and oxygen atoms in total. The highest BCUT2D eigenvalue weighted by atomic mass is 19.4. The topological polar surface area (TPSA) is 71.8 Å². The summed E-state index contributed by atoms with van der Waals surface area (Å²) in [5, 5.41) is 10.2. The molecule has 24 heavy (non-hydrogen) atoms. The van der Waals surface area contributed by atoms with Gasteiger partial charge in [0.15, 0.2) is 0 Å². The molecule has 1 fully saturated rings. The van der Waals surface area contributed by atoms with Crippen molar-refractivity contribution < 1.29 is 18.0 Å². The van der Waals surface area contributed by atoms with E-state index in [1.54, 1.807) is 0 Å². The maximum absolute atomic E-state index is 12.6. The second-order valence-electron chi connectivity index (χ2n) is 6.63. The highest BCUT2D eigenvalue weighted by Crippen LogP contribution is 2.37. The van der Waals surface area contributed by atoms with Crippen molar-refractivity contribution in [2.45, 2.75) is 63.3 Å². The van der Waals surface area contributed by atoms with E-state index in [1.165, 1.54) is 6.33 Å². The van der Waals surface area contributed by atoms with Crippen LogP contribution in [0.25, 0.3) is 0 Å². The molecule has 1 aliphatic carbocycles. The van der Waals surface area contributed by atoms with Crippen molar-refractivity contribution in [2.24, 2.45) is 5.92 Å². The molecule has 2 N–H and O–H groups in total. The van der Waals surface area contributed by atoms with Crippen LogP contribution in [0.4, 0.5) is 13.2 Å². The quantitative estimate of drug-likeness (QED) is 0.866. The summed E-state index contributed by atoms with van der Waals surface area (Å²) in [7, 11) is 0. The van der Waals surface area contributed by atoms with Gasteiger partial charge in [-0.3, -0.25) is 4.79 Å². The van der Waals surface area contributed by atoms with Crippen LogP contribution in [0.15, 0.2) is 6.33 Å². The second kappa shape index (κ2) is 7.08. The standard InChI is InChI=1S/C15H22F3N5O/c16-15(17,18)10-1-3-11(4-2-10)22-14(24)7-19-12-5-6-13-20-9-21-23(13)8-12/h9-12,19H,1-8H2,(H,22,24)/t10?,11?,12-/m1/s1. The third kappa shape index (κ3) is 4.25. The molecular formula is C15H22F3N5O. The number of carbonyl (C=O) groups is 1. The fraction of sp³-hybridized carbons (Fsp3) is 0.800. The Morgan fingerprint density at radius 3 is 2.67 bits per heavy atom. The van der Waals surface area contributed by atoms with Gasteiger partial charge in [0.25, 0.3) is 0 Å². The van der Waals surface area contributed by atoms with Crippen LogP contribution < -0.4 is 10.6 Å². The summed E-state index contributed by atoms with van der Waals surface area (Å²) in [5.74, 6) is -0.420. The van der Waals surface area contributed by atoms with Crippen molar-refractivity contribution in [3.8, 4) is 0 Å². The van der Waals surface area contributed by atoms with Crippen molar-refractivity contribution >= 4 is 5.91 Å². The minimum atomic E-state index is -4.11. The SMILES string of the molecule is O=C(CN[C@@H]1CCc2ncnn2C1)NC1CCC(C(F)(F)F)CC1. The first-order valence-electron chi connectivity index (χ1n) is 8.38. The Morgan fingerprint density at radius 1 is 1.21 bits per heavy atom. The lowest BCUT2D eigenvalue weighted by atomic mass is 9.85. The molecule has 1 saturated carbocycles. The number of amides is 1. The van der Waals surface area contributed by atoms with Crippen LogP contribution in [0.3, 0.4) is 0 Å². The van der Waals surface area contributed by atoms with Crippen molar-refractivity contribution in [1.82, 2.24) is 25.4 Å². The van der Waals surface area contributed by atoms with Gasteiger partial charge in [-0.05, 0) is 32.1 Å². The van der Waals surface area contributed by atoms with Gasteiger partial charge in [0.2, 0.25) is 5.91 Å². The van der Waals surface area contributed by atoms with E-state index in [4.69, 9.17) is 0 Å². The third-order valence-electron chi connectivity index (χ3n) is 4.91. The average Bonchev–Trinajstić information content (AvgIpc) is 3.00. The molecule has 2 aliphatic rings. The van der Waals surface area contributed by atoms with Crippen LogP contribution in [0.5, 0.6) is 0 Å². The minimum absolute atomic E-state index is 0.0968. The van der Waals surface area contributed by atoms with Crippen molar-refractivity contribution in [2.75, 3.05) is 6.54 Å². The lowest BCUT2D eigenvalue weighted by Crippen LogP contribution is -2.47. The Bertz CT molecular complexity index is 566. The van der Waals surface area contributed by atoms with E-state index in [1.807, 2.05) is 4.68 Å². The monoisotopic (exact) mass is 345 g/mol. The molecule has 9 heteroatoms. The number of aryl methyl sites for hydroxylation is 1. The van der Waals surface area contributed by atoms with Crippen LogP contribution in [0, 0.1) is 5.92 Å². The lowest BCUT2D eigenvalue weighted by Gasteiger charge is -2.30. The van der Waals surface area contributed by atoms with E-state index < -0.39 is 12.1 Å². The number of fused-ring (bicyclic) bond motifs is 1. The molecule has 1 aromatic rings. The Morgan fingerprint density at radius 2 is 1.96 bits per heavy atom. The van der Waals surface area contributed by atoms with Gasteiger partial charge in [-0.25, -0.2) is 9.67 Å². The maximum Gasteiger partial charge on any atom is 0.391 e. The van der Waals surface area contributed by atoms with Gasteiger partial charge in [-0.2, -0.15) is 18.3 Å².